The monoisotopic (exact) mass is 319 g/mol. The zero-order chi connectivity index (χ0) is 15.5. The molecule has 1 aliphatic rings. The van der Waals surface area contributed by atoms with E-state index in [-0.39, 0.29) is 5.91 Å². The number of pyridine rings is 1. The highest BCUT2D eigenvalue weighted by atomic mass is 32.1. The van der Waals surface area contributed by atoms with Crippen molar-refractivity contribution in [3.8, 4) is 0 Å². The summed E-state index contributed by atoms with van der Waals surface area (Å²) in [6.07, 6.45) is 6.25. The standard InChI is InChI=1S/C16H21N3O2S/c1-11-14-9-12(10-17-15(14)22-18-11)16(20)19(7-8-21-2)13-5-3-4-6-13/h9-10,13H,3-8H2,1-2H3. The van der Waals surface area contributed by atoms with E-state index in [4.69, 9.17) is 4.74 Å². The Morgan fingerprint density at radius 2 is 2.23 bits per heavy atom. The van der Waals surface area contributed by atoms with Crippen LogP contribution in [0.4, 0.5) is 0 Å². The van der Waals surface area contributed by atoms with Crippen LogP contribution in [0.3, 0.4) is 0 Å². The van der Waals surface area contributed by atoms with E-state index in [1.807, 2.05) is 17.9 Å². The van der Waals surface area contributed by atoms with E-state index in [9.17, 15) is 4.79 Å². The summed E-state index contributed by atoms with van der Waals surface area (Å²) in [5, 5.41) is 0.981. The van der Waals surface area contributed by atoms with Gasteiger partial charge in [-0.3, -0.25) is 4.79 Å². The third-order valence-corrected chi connectivity index (χ3v) is 5.18. The van der Waals surface area contributed by atoms with Crippen LogP contribution in [-0.2, 0) is 4.74 Å². The molecule has 2 aromatic heterocycles. The van der Waals surface area contributed by atoms with Crippen molar-refractivity contribution in [1.82, 2.24) is 14.3 Å². The summed E-state index contributed by atoms with van der Waals surface area (Å²) in [6.45, 7) is 3.16. The minimum absolute atomic E-state index is 0.0592. The van der Waals surface area contributed by atoms with Crippen molar-refractivity contribution in [2.75, 3.05) is 20.3 Å². The van der Waals surface area contributed by atoms with E-state index in [2.05, 4.69) is 9.36 Å². The maximum Gasteiger partial charge on any atom is 0.255 e. The first-order chi connectivity index (χ1) is 10.7. The summed E-state index contributed by atoms with van der Waals surface area (Å²) in [7, 11) is 1.67. The van der Waals surface area contributed by atoms with Gasteiger partial charge in [0.25, 0.3) is 5.91 Å². The molecule has 0 aliphatic heterocycles. The molecule has 22 heavy (non-hydrogen) atoms. The van der Waals surface area contributed by atoms with Gasteiger partial charge in [0.15, 0.2) is 0 Å². The molecule has 0 N–H and O–H groups in total. The van der Waals surface area contributed by atoms with Gasteiger partial charge in [-0.05, 0) is 37.4 Å². The average Bonchev–Trinajstić information content (AvgIpc) is 3.18. The largest absolute Gasteiger partial charge is 0.383 e. The van der Waals surface area contributed by atoms with Crippen LogP contribution in [0.1, 0.15) is 41.7 Å². The summed E-state index contributed by atoms with van der Waals surface area (Å²) in [5.74, 6) is 0.0592. The average molecular weight is 319 g/mol. The lowest BCUT2D eigenvalue weighted by atomic mass is 10.1. The van der Waals surface area contributed by atoms with Crippen molar-refractivity contribution in [3.05, 3.63) is 23.5 Å². The number of methoxy groups -OCH3 is 1. The molecule has 0 aromatic carbocycles. The van der Waals surface area contributed by atoms with Gasteiger partial charge in [0.05, 0.1) is 17.9 Å². The minimum Gasteiger partial charge on any atom is -0.383 e. The number of nitrogens with zero attached hydrogens (tertiary/aromatic N) is 3. The number of amides is 1. The van der Waals surface area contributed by atoms with E-state index in [1.165, 1.54) is 24.4 Å². The molecule has 1 aliphatic carbocycles. The van der Waals surface area contributed by atoms with Crippen molar-refractivity contribution in [3.63, 3.8) is 0 Å². The number of ether oxygens (including phenoxy) is 1. The van der Waals surface area contributed by atoms with Crippen LogP contribution in [0, 0.1) is 6.92 Å². The van der Waals surface area contributed by atoms with Gasteiger partial charge in [-0.15, -0.1) is 0 Å². The highest BCUT2D eigenvalue weighted by Crippen LogP contribution is 2.26. The minimum atomic E-state index is 0.0592. The molecule has 1 saturated carbocycles. The van der Waals surface area contributed by atoms with E-state index in [1.54, 1.807) is 13.3 Å². The fourth-order valence-electron chi connectivity index (χ4n) is 3.08. The number of carbonyl (C=O) groups excluding carboxylic acids is 1. The molecule has 5 nitrogen and oxygen atoms in total. The number of aromatic nitrogens is 2. The SMILES string of the molecule is COCCN(C(=O)c1cnc2snc(C)c2c1)C1CCCC1. The third kappa shape index (κ3) is 2.98. The molecule has 0 bridgehead atoms. The van der Waals surface area contributed by atoms with E-state index in [0.717, 1.165) is 28.8 Å². The highest BCUT2D eigenvalue weighted by Gasteiger charge is 2.27. The summed E-state index contributed by atoms with van der Waals surface area (Å²) in [6, 6.07) is 2.26. The molecule has 0 unspecified atom stereocenters. The maximum atomic E-state index is 12.9. The van der Waals surface area contributed by atoms with Gasteiger partial charge in [0.1, 0.15) is 4.83 Å². The summed E-state index contributed by atoms with van der Waals surface area (Å²) >= 11 is 1.38. The lowest BCUT2D eigenvalue weighted by Gasteiger charge is -2.28. The van der Waals surface area contributed by atoms with Crippen LogP contribution >= 0.6 is 11.5 Å². The number of rotatable bonds is 5. The van der Waals surface area contributed by atoms with Crippen LogP contribution in [-0.4, -0.2) is 46.5 Å². The van der Waals surface area contributed by atoms with Gasteiger partial charge in [-0.25, -0.2) is 4.98 Å². The molecule has 1 amide bonds. The van der Waals surface area contributed by atoms with Gasteiger partial charge in [-0.1, -0.05) is 12.8 Å². The van der Waals surface area contributed by atoms with E-state index >= 15 is 0 Å². The number of aryl methyl sites for hydroxylation is 1. The Labute approximate surface area is 134 Å². The van der Waals surface area contributed by atoms with Crippen LogP contribution < -0.4 is 0 Å². The molecule has 2 heterocycles. The van der Waals surface area contributed by atoms with Crippen molar-refractivity contribution < 1.29 is 9.53 Å². The first kappa shape index (κ1) is 15.4. The van der Waals surface area contributed by atoms with Crippen LogP contribution in [0.5, 0.6) is 0 Å². The maximum absolute atomic E-state index is 12.9. The van der Waals surface area contributed by atoms with Crippen LogP contribution in [0.25, 0.3) is 10.2 Å². The van der Waals surface area contributed by atoms with Gasteiger partial charge >= 0.3 is 0 Å². The van der Waals surface area contributed by atoms with Gasteiger partial charge in [0, 0.05) is 31.3 Å². The number of fused-ring (bicyclic) bond motifs is 1. The molecule has 0 atom stereocenters. The summed E-state index contributed by atoms with van der Waals surface area (Å²) < 4.78 is 9.48. The second kappa shape index (κ2) is 6.71. The first-order valence-corrected chi connectivity index (χ1v) is 8.50. The predicted molar refractivity (Wildman–Crippen MR) is 87.3 cm³/mol. The number of hydrogen-bond acceptors (Lipinski definition) is 5. The zero-order valence-corrected chi connectivity index (χ0v) is 13.9. The molecule has 2 aromatic rings. The predicted octanol–water partition coefficient (Wildman–Crippen LogP) is 3.03. The fraction of sp³-hybridized carbons (Fsp3) is 0.562. The summed E-state index contributed by atoms with van der Waals surface area (Å²) in [5.41, 5.74) is 1.59. The number of carbonyl (C=O) groups is 1. The Morgan fingerprint density at radius 1 is 1.45 bits per heavy atom. The van der Waals surface area contributed by atoms with Crippen molar-refractivity contribution in [1.29, 1.82) is 0 Å². The number of hydrogen-bond donors (Lipinski definition) is 0. The Morgan fingerprint density at radius 3 is 2.95 bits per heavy atom. The second-order valence-corrected chi connectivity index (χ2v) is 6.53. The molecule has 6 heteroatoms. The van der Waals surface area contributed by atoms with Gasteiger partial charge in [-0.2, -0.15) is 4.37 Å². The smallest absolute Gasteiger partial charge is 0.255 e. The fourth-order valence-corrected chi connectivity index (χ4v) is 3.81. The van der Waals surface area contributed by atoms with Crippen LogP contribution in [0.2, 0.25) is 0 Å². The molecule has 3 rings (SSSR count). The first-order valence-electron chi connectivity index (χ1n) is 7.72. The van der Waals surface area contributed by atoms with E-state index in [0.29, 0.717) is 24.8 Å². The second-order valence-electron chi connectivity index (χ2n) is 5.77. The Balaban J connectivity index is 1.87. The molecular formula is C16H21N3O2S. The molecule has 118 valence electrons. The Bertz CT molecular complexity index is 664. The van der Waals surface area contributed by atoms with Gasteiger partial charge < -0.3 is 9.64 Å². The Hall–Kier alpha value is -1.53. The van der Waals surface area contributed by atoms with Crippen molar-refractivity contribution in [2.24, 2.45) is 0 Å². The Kier molecular flexibility index (Phi) is 4.69. The normalized spacial score (nSPS) is 15.5. The molecule has 0 saturated heterocycles. The quantitative estimate of drug-likeness (QED) is 0.850. The molecule has 0 spiro atoms. The van der Waals surface area contributed by atoms with Crippen LogP contribution in [0.15, 0.2) is 12.3 Å². The zero-order valence-electron chi connectivity index (χ0n) is 13.0. The molecule has 0 radical (unpaired) electrons. The van der Waals surface area contributed by atoms with E-state index < -0.39 is 0 Å². The molecule has 1 fully saturated rings. The highest BCUT2D eigenvalue weighted by molar-refractivity contribution is 7.12. The third-order valence-electron chi connectivity index (χ3n) is 4.32. The topological polar surface area (TPSA) is 55.3 Å². The van der Waals surface area contributed by atoms with Gasteiger partial charge in [0.2, 0.25) is 0 Å². The van der Waals surface area contributed by atoms with Crippen molar-refractivity contribution in [2.45, 2.75) is 38.6 Å². The summed E-state index contributed by atoms with van der Waals surface area (Å²) in [4.78, 5) is 20.2. The lowest BCUT2D eigenvalue weighted by Crippen LogP contribution is -2.41. The molecular weight excluding hydrogens is 298 g/mol. The van der Waals surface area contributed by atoms with Crippen molar-refractivity contribution >= 4 is 27.7 Å². The lowest BCUT2D eigenvalue weighted by molar-refractivity contribution is 0.0606.